The number of sulfonamides is 1. The van der Waals surface area contributed by atoms with Crippen molar-refractivity contribution in [2.75, 3.05) is 26.0 Å². The number of ether oxygens (including phenoxy) is 1. The fourth-order valence-electron chi connectivity index (χ4n) is 2.21. The van der Waals surface area contributed by atoms with Crippen LogP contribution < -0.4 is 10.0 Å². The maximum Gasteiger partial charge on any atom is 0.212 e. The van der Waals surface area contributed by atoms with Gasteiger partial charge in [0.15, 0.2) is 0 Å². The SMILES string of the molecule is CO[C@H]1CNCC1NS(=O)(=O)CCc1ccccc1. The molecule has 2 atom stereocenters. The van der Waals surface area contributed by atoms with Gasteiger partial charge in [0, 0.05) is 20.2 Å². The van der Waals surface area contributed by atoms with Crippen LogP contribution in [0.1, 0.15) is 5.56 Å². The largest absolute Gasteiger partial charge is 0.378 e. The van der Waals surface area contributed by atoms with E-state index in [1.54, 1.807) is 7.11 Å². The number of aryl methyl sites for hydroxylation is 1. The summed E-state index contributed by atoms with van der Waals surface area (Å²) in [5.41, 5.74) is 1.03. The molecule has 0 radical (unpaired) electrons. The Balaban J connectivity index is 1.88. The van der Waals surface area contributed by atoms with Gasteiger partial charge in [-0.2, -0.15) is 0 Å². The van der Waals surface area contributed by atoms with Crippen molar-refractivity contribution < 1.29 is 13.2 Å². The summed E-state index contributed by atoms with van der Waals surface area (Å²) in [5, 5.41) is 3.12. The zero-order chi connectivity index (χ0) is 13.7. The fourth-order valence-corrected chi connectivity index (χ4v) is 3.53. The lowest BCUT2D eigenvalue weighted by atomic mass is 10.2. The molecule has 1 heterocycles. The highest BCUT2D eigenvalue weighted by molar-refractivity contribution is 7.89. The summed E-state index contributed by atoms with van der Waals surface area (Å²) in [4.78, 5) is 0. The minimum Gasteiger partial charge on any atom is -0.378 e. The lowest BCUT2D eigenvalue weighted by Gasteiger charge is -2.18. The van der Waals surface area contributed by atoms with Crippen molar-refractivity contribution in [3.63, 3.8) is 0 Å². The van der Waals surface area contributed by atoms with Crippen LogP contribution in [0.25, 0.3) is 0 Å². The number of benzene rings is 1. The lowest BCUT2D eigenvalue weighted by molar-refractivity contribution is 0.103. The number of hydrogen-bond donors (Lipinski definition) is 2. The molecule has 2 N–H and O–H groups in total. The van der Waals surface area contributed by atoms with Crippen molar-refractivity contribution in [1.29, 1.82) is 0 Å². The van der Waals surface area contributed by atoms with Gasteiger partial charge >= 0.3 is 0 Å². The highest BCUT2D eigenvalue weighted by Gasteiger charge is 2.30. The monoisotopic (exact) mass is 284 g/mol. The molecule has 1 saturated heterocycles. The topological polar surface area (TPSA) is 67.4 Å². The molecule has 0 bridgehead atoms. The molecule has 0 aromatic heterocycles. The van der Waals surface area contributed by atoms with Gasteiger partial charge in [0.2, 0.25) is 10.0 Å². The first kappa shape index (κ1) is 14.5. The van der Waals surface area contributed by atoms with Gasteiger partial charge in [-0.15, -0.1) is 0 Å². The minimum atomic E-state index is -3.28. The first-order valence-corrected chi connectivity index (χ1v) is 8.03. The van der Waals surface area contributed by atoms with E-state index >= 15 is 0 Å². The van der Waals surface area contributed by atoms with Crippen LogP contribution in [0, 0.1) is 0 Å². The molecule has 1 aromatic rings. The smallest absolute Gasteiger partial charge is 0.212 e. The molecule has 2 rings (SSSR count). The molecular formula is C13H20N2O3S. The summed E-state index contributed by atoms with van der Waals surface area (Å²) in [7, 11) is -1.68. The van der Waals surface area contributed by atoms with Crippen molar-refractivity contribution in [2.45, 2.75) is 18.6 Å². The number of methoxy groups -OCH3 is 1. The molecule has 6 heteroatoms. The predicted molar refractivity (Wildman–Crippen MR) is 74.5 cm³/mol. The van der Waals surface area contributed by atoms with Gasteiger partial charge < -0.3 is 10.1 Å². The normalized spacial score (nSPS) is 23.6. The number of hydrogen-bond acceptors (Lipinski definition) is 4. The van der Waals surface area contributed by atoms with Crippen molar-refractivity contribution >= 4 is 10.0 Å². The first-order valence-electron chi connectivity index (χ1n) is 6.38. The summed E-state index contributed by atoms with van der Waals surface area (Å²) in [5.74, 6) is 0.101. The summed E-state index contributed by atoms with van der Waals surface area (Å²) < 4.78 is 32.0. The second-order valence-electron chi connectivity index (χ2n) is 4.71. The van der Waals surface area contributed by atoms with E-state index in [-0.39, 0.29) is 17.9 Å². The molecule has 1 aromatic carbocycles. The first-order chi connectivity index (χ1) is 9.11. The van der Waals surface area contributed by atoms with Crippen LogP contribution in [-0.4, -0.2) is 46.5 Å². The zero-order valence-corrected chi connectivity index (χ0v) is 11.8. The van der Waals surface area contributed by atoms with E-state index in [0.29, 0.717) is 19.5 Å². The molecule has 1 unspecified atom stereocenters. The number of nitrogens with one attached hydrogen (secondary N) is 2. The zero-order valence-electron chi connectivity index (χ0n) is 11.0. The molecule has 0 amide bonds. The Labute approximate surface area is 114 Å². The van der Waals surface area contributed by atoms with E-state index in [0.717, 1.165) is 5.56 Å². The van der Waals surface area contributed by atoms with Crippen LogP contribution in [0.3, 0.4) is 0 Å². The average molecular weight is 284 g/mol. The van der Waals surface area contributed by atoms with Gasteiger partial charge in [-0.25, -0.2) is 13.1 Å². The Kier molecular flexibility index (Phi) is 4.93. The second kappa shape index (κ2) is 6.47. The quantitative estimate of drug-likeness (QED) is 0.779. The van der Waals surface area contributed by atoms with Crippen LogP contribution in [0.2, 0.25) is 0 Å². The Bertz CT molecular complexity index is 490. The molecule has 0 spiro atoms. The van der Waals surface area contributed by atoms with E-state index in [2.05, 4.69) is 10.0 Å². The summed E-state index contributed by atoms with van der Waals surface area (Å²) in [6.45, 7) is 1.30. The summed E-state index contributed by atoms with van der Waals surface area (Å²) >= 11 is 0. The van der Waals surface area contributed by atoms with E-state index < -0.39 is 10.0 Å². The van der Waals surface area contributed by atoms with E-state index in [1.165, 1.54) is 0 Å². The molecule has 1 fully saturated rings. The van der Waals surface area contributed by atoms with Crippen LogP contribution in [0.4, 0.5) is 0 Å². The minimum absolute atomic E-state index is 0.0912. The third-order valence-corrected chi connectivity index (χ3v) is 4.70. The molecule has 1 aliphatic rings. The Morgan fingerprint density at radius 3 is 2.74 bits per heavy atom. The summed E-state index contributed by atoms with van der Waals surface area (Å²) in [6.07, 6.45) is 0.431. The molecule has 0 aliphatic carbocycles. The van der Waals surface area contributed by atoms with E-state index in [1.807, 2.05) is 30.3 Å². The van der Waals surface area contributed by atoms with Crippen LogP contribution >= 0.6 is 0 Å². The Hall–Kier alpha value is -0.950. The lowest BCUT2D eigenvalue weighted by Crippen LogP contribution is -2.44. The number of rotatable bonds is 6. The van der Waals surface area contributed by atoms with Crippen molar-refractivity contribution in [2.24, 2.45) is 0 Å². The summed E-state index contributed by atoms with van der Waals surface area (Å²) in [6, 6.07) is 9.44. The highest BCUT2D eigenvalue weighted by Crippen LogP contribution is 2.07. The predicted octanol–water partition coefficient (Wildman–Crippen LogP) is 0.135. The maximum atomic E-state index is 12.0. The highest BCUT2D eigenvalue weighted by atomic mass is 32.2. The van der Waals surface area contributed by atoms with Gasteiger partial charge in [0.05, 0.1) is 17.9 Å². The standard InChI is InChI=1S/C13H20N2O3S/c1-18-13-10-14-9-12(13)15-19(16,17)8-7-11-5-3-2-4-6-11/h2-6,12-15H,7-10H2,1H3/t12?,13-/m0/s1. The van der Waals surface area contributed by atoms with Crippen LogP contribution in [0.5, 0.6) is 0 Å². The molecule has 1 aliphatic heterocycles. The van der Waals surface area contributed by atoms with Crippen LogP contribution in [0.15, 0.2) is 30.3 Å². The Morgan fingerprint density at radius 2 is 2.05 bits per heavy atom. The van der Waals surface area contributed by atoms with E-state index in [9.17, 15) is 8.42 Å². The van der Waals surface area contributed by atoms with E-state index in [4.69, 9.17) is 4.74 Å². The second-order valence-corrected chi connectivity index (χ2v) is 6.58. The van der Waals surface area contributed by atoms with Crippen molar-refractivity contribution in [3.05, 3.63) is 35.9 Å². The van der Waals surface area contributed by atoms with Gasteiger partial charge in [0.1, 0.15) is 0 Å². The van der Waals surface area contributed by atoms with Crippen LogP contribution in [-0.2, 0) is 21.2 Å². The molecule has 0 saturated carbocycles. The molecule has 106 valence electrons. The molecule has 5 nitrogen and oxygen atoms in total. The van der Waals surface area contributed by atoms with Gasteiger partial charge in [-0.05, 0) is 12.0 Å². The maximum absolute atomic E-state index is 12.0. The van der Waals surface area contributed by atoms with Gasteiger partial charge in [-0.3, -0.25) is 0 Å². The molecule has 19 heavy (non-hydrogen) atoms. The third-order valence-electron chi connectivity index (χ3n) is 3.29. The van der Waals surface area contributed by atoms with Crippen molar-refractivity contribution in [3.8, 4) is 0 Å². The molecular weight excluding hydrogens is 264 g/mol. The fraction of sp³-hybridized carbons (Fsp3) is 0.538. The van der Waals surface area contributed by atoms with Gasteiger partial charge in [0.25, 0.3) is 0 Å². The van der Waals surface area contributed by atoms with Gasteiger partial charge in [-0.1, -0.05) is 30.3 Å². The Morgan fingerprint density at radius 1 is 1.32 bits per heavy atom. The van der Waals surface area contributed by atoms with Crippen molar-refractivity contribution in [1.82, 2.24) is 10.0 Å². The third kappa shape index (κ3) is 4.28. The average Bonchev–Trinajstić information content (AvgIpc) is 2.84.